The molecule has 0 fully saturated rings. The number of allylic oxidation sites excluding steroid dienone is 2. The van der Waals surface area contributed by atoms with Crippen molar-refractivity contribution in [3.63, 3.8) is 0 Å². The lowest BCUT2D eigenvalue weighted by Crippen LogP contribution is -1.94. The van der Waals surface area contributed by atoms with Crippen LogP contribution in [0, 0.1) is 0 Å². The van der Waals surface area contributed by atoms with Crippen LogP contribution in [-0.2, 0) is 0 Å². The second-order valence-corrected chi connectivity index (χ2v) is 4.00. The fraction of sp³-hybridized carbons (Fsp3) is 0.385. The van der Waals surface area contributed by atoms with E-state index in [4.69, 9.17) is 16.3 Å². The Labute approximate surface area is 96.7 Å². The zero-order chi connectivity index (χ0) is 11.3. The maximum atomic E-state index is 6.18. The monoisotopic (exact) mass is 224 g/mol. The molecular formula is C13H17ClO. The third-order valence-corrected chi connectivity index (χ3v) is 2.79. The van der Waals surface area contributed by atoms with Crippen LogP contribution < -0.4 is 4.74 Å². The van der Waals surface area contributed by atoms with Crippen LogP contribution in [-0.4, -0.2) is 7.11 Å². The first kappa shape index (κ1) is 12.1. The summed E-state index contributed by atoms with van der Waals surface area (Å²) in [5, 5.41) is 0.784. The summed E-state index contributed by atoms with van der Waals surface area (Å²) < 4.78 is 5.11. The molecule has 0 radical (unpaired) electrons. The van der Waals surface area contributed by atoms with E-state index in [1.165, 1.54) is 5.56 Å². The molecule has 0 N–H and O–H groups in total. The molecule has 1 aromatic rings. The van der Waals surface area contributed by atoms with E-state index in [0.717, 1.165) is 17.2 Å². The molecule has 82 valence electrons. The van der Waals surface area contributed by atoms with E-state index in [2.05, 4.69) is 19.1 Å². The van der Waals surface area contributed by atoms with Gasteiger partial charge in [0.05, 0.1) is 7.11 Å². The second kappa shape index (κ2) is 5.82. The zero-order valence-electron chi connectivity index (χ0n) is 9.46. The number of hydrogen-bond donors (Lipinski definition) is 0. The summed E-state index contributed by atoms with van der Waals surface area (Å²) in [5.41, 5.74) is 1.18. The Balaban J connectivity index is 2.85. The molecule has 1 nitrogen and oxygen atoms in total. The van der Waals surface area contributed by atoms with Crippen LogP contribution in [0.15, 0.2) is 30.4 Å². The lowest BCUT2D eigenvalue weighted by Gasteiger charge is -2.12. The summed E-state index contributed by atoms with van der Waals surface area (Å²) >= 11 is 6.18. The van der Waals surface area contributed by atoms with Gasteiger partial charge in [-0.05, 0) is 37.0 Å². The van der Waals surface area contributed by atoms with Crippen LogP contribution in [0.5, 0.6) is 5.75 Å². The first-order valence-electron chi connectivity index (χ1n) is 5.13. The summed E-state index contributed by atoms with van der Waals surface area (Å²) in [5.74, 6) is 1.25. The minimum Gasteiger partial charge on any atom is -0.497 e. The molecule has 0 heterocycles. The molecular weight excluding hydrogens is 208 g/mol. The normalized spacial score (nSPS) is 13.1. The van der Waals surface area contributed by atoms with Gasteiger partial charge in [0.1, 0.15) is 5.75 Å². The van der Waals surface area contributed by atoms with Gasteiger partial charge in [0.15, 0.2) is 0 Å². The SMILES string of the molecule is C/C=C\CC(C)c1ccc(OC)cc1Cl. The van der Waals surface area contributed by atoms with E-state index in [9.17, 15) is 0 Å². The highest BCUT2D eigenvalue weighted by Crippen LogP contribution is 2.30. The van der Waals surface area contributed by atoms with Crippen molar-refractivity contribution in [2.24, 2.45) is 0 Å². The number of halogens is 1. The Morgan fingerprint density at radius 3 is 2.73 bits per heavy atom. The van der Waals surface area contributed by atoms with E-state index >= 15 is 0 Å². The molecule has 1 rings (SSSR count). The van der Waals surface area contributed by atoms with E-state index < -0.39 is 0 Å². The Morgan fingerprint density at radius 2 is 2.20 bits per heavy atom. The number of benzene rings is 1. The number of rotatable bonds is 4. The van der Waals surface area contributed by atoms with Crippen LogP contribution in [0.2, 0.25) is 5.02 Å². The van der Waals surface area contributed by atoms with Crippen molar-refractivity contribution in [2.45, 2.75) is 26.2 Å². The number of methoxy groups -OCH3 is 1. The first-order valence-corrected chi connectivity index (χ1v) is 5.51. The maximum absolute atomic E-state index is 6.18. The molecule has 0 aliphatic heterocycles. The van der Waals surface area contributed by atoms with Gasteiger partial charge in [-0.1, -0.05) is 36.7 Å². The van der Waals surface area contributed by atoms with Gasteiger partial charge in [-0.2, -0.15) is 0 Å². The highest BCUT2D eigenvalue weighted by atomic mass is 35.5. The van der Waals surface area contributed by atoms with Crippen LogP contribution >= 0.6 is 11.6 Å². The lowest BCUT2D eigenvalue weighted by atomic mass is 9.97. The molecule has 0 saturated carbocycles. The average Bonchev–Trinajstić information content (AvgIpc) is 2.25. The van der Waals surface area contributed by atoms with E-state index in [-0.39, 0.29) is 0 Å². The van der Waals surface area contributed by atoms with Crippen LogP contribution in [0.1, 0.15) is 31.7 Å². The Kier molecular flexibility index (Phi) is 4.70. The molecule has 2 heteroatoms. The minimum absolute atomic E-state index is 0.444. The number of hydrogen-bond acceptors (Lipinski definition) is 1. The number of ether oxygens (including phenoxy) is 1. The second-order valence-electron chi connectivity index (χ2n) is 3.59. The van der Waals surface area contributed by atoms with Crippen LogP contribution in [0.25, 0.3) is 0 Å². The maximum Gasteiger partial charge on any atom is 0.120 e. The average molecular weight is 225 g/mol. The molecule has 15 heavy (non-hydrogen) atoms. The van der Waals surface area contributed by atoms with Gasteiger partial charge in [-0.3, -0.25) is 0 Å². The third-order valence-electron chi connectivity index (χ3n) is 2.46. The molecule has 1 atom stereocenters. The summed E-state index contributed by atoms with van der Waals surface area (Å²) in [4.78, 5) is 0. The van der Waals surface area contributed by atoms with Gasteiger partial charge < -0.3 is 4.74 Å². The third kappa shape index (κ3) is 3.28. The molecule has 0 aliphatic rings. The zero-order valence-corrected chi connectivity index (χ0v) is 10.2. The van der Waals surface area contributed by atoms with Gasteiger partial charge in [0.2, 0.25) is 0 Å². The predicted octanol–water partition coefficient (Wildman–Crippen LogP) is 4.42. The van der Waals surface area contributed by atoms with Crippen molar-refractivity contribution in [1.82, 2.24) is 0 Å². The fourth-order valence-corrected chi connectivity index (χ4v) is 1.86. The van der Waals surface area contributed by atoms with Crippen molar-refractivity contribution >= 4 is 11.6 Å². The van der Waals surface area contributed by atoms with Crippen LogP contribution in [0.3, 0.4) is 0 Å². The Morgan fingerprint density at radius 1 is 1.47 bits per heavy atom. The van der Waals surface area contributed by atoms with Gasteiger partial charge in [0, 0.05) is 5.02 Å². The van der Waals surface area contributed by atoms with E-state index in [1.807, 2.05) is 25.1 Å². The minimum atomic E-state index is 0.444. The molecule has 0 saturated heterocycles. The van der Waals surface area contributed by atoms with E-state index in [0.29, 0.717) is 5.92 Å². The molecule has 0 amide bonds. The van der Waals surface area contributed by atoms with Crippen molar-refractivity contribution < 1.29 is 4.74 Å². The standard InChI is InChI=1S/C13H17ClO/c1-4-5-6-10(2)12-8-7-11(15-3)9-13(12)14/h4-5,7-10H,6H2,1-3H3/b5-4-. The lowest BCUT2D eigenvalue weighted by molar-refractivity contribution is 0.414. The van der Waals surface area contributed by atoms with Crippen molar-refractivity contribution in [3.8, 4) is 5.75 Å². The molecule has 0 bridgehead atoms. The summed E-state index contributed by atoms with van der Waals surface area (Å²) in [6.45, 7) is 4.20. The Hall–Kier alpha value is -0.950. The fourth-order valence-electron chi connectivity index (χ4n) is 1.50. The van der Waals surface area contributed by atoms with Crippen molar-refractivity contribution in [2.75, 3.05) is 7.11 Å². The Bertz CT molecular complexity index is 344. The first-order chi connectivity index (χ1) is 7.19. The van der Waals surface area contributed by atoms with Gasteiger partial charge in [0.25, 0.3) is 0 Å². The van der Waals surface area contributed by atoms with Crippen molar-refractivity contribution in [3.05, 3.63) is 40.9 Å². The smallest absolute Gasteiger partial charge is 0.120 e. The quantitative estimate of drug-likeness (QED) is 0.688. The molecule has 0 aliphatic carbocycles. The summed E-state index contributed by atoms with van der Waals surface area (Å²) in [6, 6.07) is 5.85. The molecule has 0 spiro atoms. The van der Waals surface area contributed by atoms with Gasteiger partial charge in [-0.25, -0.2) is 0 Å². The van der Waals surface area contributed by atoms with Crippen LogP contribution in [0.4, 0.5) is 0 Å². The van der Waals surface area contributed by atoms with Crippen molar-refractivity contribution in [1.29, 1.82) is 0 Å². The summed E-state index contributed by atoms with van der Waals surface area (Å²) in [7, 11) is 1.65. The molecule has 1 aromatic carbocycles. The van der Waals surface area contributed by atoms with Gasteiger partial charge >= 0.3 is 0 Å². The largest absolute Gasteiger partial charge is 0.497 e. The molecule has 1 unspecified atom stereocenters. The highest BCUT2D eigenvalue weighted by Gasteiger charge is 2.08. The molecule has 0 aromatic heterocycles. The topological polar surface area (TPSA) is 9.23 Å². The summed E-state index contributed by atoms with van der Waals surface area (Å²) in [6.07, 6.45) is 5.24. The van der Waals surface area contributed by atoms with E-state index in [1.54, 1.807) is 7.11 Å². The van der Waals surface area contributed by atoms with Gasteiger partial charge in [-0.15, -0.1) is 0 Å². The predicted molar refractivity (Wildman–Crippen MR) is 65.9 cm³/mol. The highest BCUT2D eigenvalue weighted by molar-refractivity contribution is 6.31.